The number of rotatable bonds is 1. The number of alkyl halides is 1. The van der Waals surface area contributed by atoms with Crippen molar-refractivity contribution in [2.75, 3.05) is 0 Å². The third-order valence-corrected chi connectivity index (χ3v) is 4.20. The second-order valence-electron chi connectivity index (χ2n) is 3.89. The van der Waals surface area contributed by atoms with E-state index in [0.717, 1.165) is 19.3 Å². The van der Waals surface area contributed by atoms with Crippen molar-refractivity contribution in [3.8, 4) is 0 Å². The van der Waals surface area contributed by atoms with Crippen LogP contribution in [-0.4, -0.2) is 10.6 Å². The van der Waals surface area contributed by atoms with Crippen LogP contribution in [0.2, 0.25) is 0 Å². The molecule has 0 saturated heterocycles. The van der Waals surface area contributed by atoms with E-state index in [1.165, 1.54) is 0 Å². The quantitative estimate of drug-likeness (QED) is 0.478. The fraction of sp³-hybridized carbons (Fsp3) is 0.889. The summed E-state index contributed by atoms with van der Waals surface area (Å²) in [7, 11) is 0. The molecule has 0 heterocycles. The maximum absolute atomic E-state index is 11.2. The molecule has 12 heavy (non-hydrogen) atoms. The van der Waals surface area contributed by atoms with Gasteiger partial charge < -0.3 is 0 Å². The zero-order chi connectivity index (χ0) is 9.35. The van der Waals surface area contributed by atoms with Gasteiger partial charge in [-0.3, -0.25) is 4.79 Å². The normalized spacial score (nSPS) is 42.7. The highest BCUT2D eigenvalue weighted by Gasteiger charge is 2.43. The summed E-state index contributed by atoms with van der Waals surface area (Å²) in [5, 5.41) is -0.133. The van der Waals surface area contributed by atoms with Crippen LogP contribution >= 0.6 is 23.2 Å². The number of hydrogen-bond donors (Lipinski definition) is 0. The molecule has 0 aromatic heterocycles. The van der Waals surface area contributed by atoms with E-state index in [9.17, 15) is 4.79 Å². The van der Waals surface area contributed by atoms with Crippen molar-refractivity contribution in [1.29, 1.82) is 0 Å². The van der Waals surface area contributed by atoms with Crippen molar-refractivity contribution in [2.24, 2.45) is 11.3 Å². The number of carbonyl (C=O) groups is 1. The van der Waals surface area contributed by atoms with Crippen LogP contribution in [0.3, 0.4) is 0 Å². The fourth-order valence-electron chi connectivity index (χ4n) is 1.82. The first kappa shape index (κ1) is 10.3. The highest BCUT2D eigenvalue weighted by atomic mass is 35.5. The van der Waals surface area contributed by atoms with Crippen LogP contribution in [0.1, 0.15) is 33.1 Å². The molecule has 0 spiro atoms. The highest BCUT2D eigenvalue weighted by molar-refractivity contribution is 6.64. The maximum Gasteiger partial charge on any atom is 0.227 e. The second-order valence-corrected chi connectivity index (χ2v) is 4.79. The lowest BCUT2D eigenvalue weighted by Crippen LogP contribution is -2.40. The molecule has 1 aliphatic carbocycles. The summed E-state index contributed by atoms with van der Waals surface area (Å²) in [6, 6.07) is 0. The molecule has 1 fully saturated rings. The van der Waals surface area contributed by atoms with E-state index in [1.54, 1.807) is 0 Å². The number of halogens is 2. The van der Waals surface area contributed by atoms with Gasteiger partial charge in [0.25, 0.3) is 0 Å². The summed E-state index contributed by atoms with van der Waals surface area (Å²) in [6.07, 6.45) is 2.88. The van der Waals surface area contributed by atoms with Crippen molar-refractivity contribution in [3.05, 3.63) is 0 Å². The molecule has 0 aromatic carbocycles. The molecule has 0 aromatic rings. The predicted molar refractivity (Wildman–Crippen MR) is 51.6 cm³/mol. The molecular formula is C9H14Cl2O. The van der Waals surface area contributed by atoms with E-state index in [0.29, 0.717) is 0 Å². The van der Waals surface area contributed by atoms with Gasteiger partial charge >= 0.3 is 0 Å². The summed E-state index contributed by atoms with van der Waals surface area (Å²) in [5.74, 6) is 0.193. The molecule has 3 heteroatoms. The van der Waals surface area contributed by atoms with Crippen LogP contribution in [0.15, 0.2) is 0 Å². The third kappa shape index (κ3) is 1.62. The van der Waals surface area contributed by atoms with Gasteiger partial charge in [0.15, 0.2) is 0 Å². The molecule has 70 valence electrons. The molecule has 1 saturated carbocycles. The van der Waals surface area contributed by atoms with Gasteiger partial charge in [-0.15, -0.1) is 11.6 Å². The van der Waals surface area contributed by atoms with Crippen LogP contribution < -0.4 is 0 Å². The van der Waals surface area contributed by atoms with Crippen molar-refractivity contribution in [1.82, 2.24) is 0 Å². The Morgan fingerprint density at radius 3 is 2.58 bits per heavy atom. The largest absolute Gasteiger partial charge is 0.281 e. The Morgan fingerprint density at radius 1 is 1.58 bits per heavy atom. The van der Waals surface area contributed by atoms with Crippen molar-refractivity contribution in [2.45, 2.75) is 38.5 Å². The summed E-state index contributed by atoms with van der Waals surface area (Å²) in [5.41, 5.74) is -0.397. The Bertz CT molecular complexity index is 193. The summed E-state index contributed by atoms with van der Waals surface area (Å²) < 4.78 is 0. The van der Waals surface area contributed by atoms with Gasteiger partial charge in [0.2, 0.25) is 5.24 Å². The van der Waals surface area contributed by atoms with E-state index >= 15 is 0 Å². The molecule has 0 N–H and O–H groups in total. The first-order chi connectivity index (χ1) is 5.48. The molecule has 1 nitrogen and oxygen atoms in total. The van der Waals surface area contributed by atoms with Crippen molar-refractivity contribution in [3.63, 3.8) is 0 Å². The zero-order valence-electron chi connectivity index (χ0n) is 7.44. The highest BCUT2D eigenvalue weighted by Crippen LogP contribution is 2.44. The van der Waals surface area contributed by atoms with E-state index < -0.39 is 5.41 Å². The van der Waals surface area contributed by atoms with Crippen LogP contribution in [0.25, 0.3) is 0 Å². The van der Waals surface area contributed by atoms with Crippen LogP contribution in [-0.2, 0) is 4.79 Å². The number of hydrogen-bond acceptors (Lipinski definition) is 1. The lowest BCUT2D eigenvalue weighted by molar-refractivity contribution is -0.123. The average Bonchev–Trinajstić information content (AvgIpc) is 2.00. The maximum atomic E-state index is 11.2. The van der Waals surface area contributed by atoms with Crippen LogP contribution in [0, 0.1) is 11.3 Å². The third-order valence-electron chi connectivity index (χ3n) is 3.17. The van der Waals surface area contributed by atoms with Crippen molar-refractivity contribution >= 4 is 28.4 Å². The Morgan fingerprint density at radius 2 is 2.17 bits per heavy atom. The van der Waals surface area contributed by atoms with E-state index in [4.69, 9.17) is 23.2 Å². The van der Waals surface area contributed by atoms with Gasteiger partial charge in [-0.1, -0.05) is 20.3 Å². The lowest BCUT2D eigenvalue weighted by atomic mass is 9.69. The molecule has 0 bridgehead atoms. The molecule has 0 radical (unpaired) electrons. The minimum Gasteiger partial charge on any atom is -0.281 e. The van der Waals surface area contributed by atoms with Gasteiger partial charge in [-0.25, -0.2) is 0 Å². The minimum atomic E-state index is -0.397. The molecular weight excluding hydrogens is 195 g/mol. The van der Waals surface area contributed by atoms with Gasteiger partial charge in [0, 0.05) is 10.8 Å². The molecule has 3 unspecified atom stereocenters. The van der Waals surface area contributed by atoms with Crippen molar-refractivity contribution < 1.29 is 4.79 Å². The second kappa shape index (κ2) is 3.55. The Labute approximate surface area is 83.4 Å². The van der Waals surface area contributed by atoms with E-state index in [-0.39, 0.29) is 16.5 Å². The number of carbonyl (C=O) groups excluding carboxylic acids is 1. The van der Waals surface area contributed by atoms with Gasteiger partial charge in [0.05, 0.1) is 0 Å². The molecule has 0 aliphatic heterocycles. The first-order valence-electron chi connectivity index (χ1n) is 4.32. The van der Waals surface area contributed by atoms with E-state index in [2.05, 4.69) is 0 Å². The van der Waals surface area contributed by atoms with Crippen LogP contribution in [0.5, 0.6) is 0 Å². The standard InChI is InChI=1S/C9H14Cl2O/c1-6-7(10)4-3-5-9(6,2)8(11)12/h6-7H,3-5H2,1-2H3. The molecule has 1 aliphatic rings. The summed E-state index contributed by atoms with van der Waals surface area (Å²) in [6.45, 7) is 3.93. The first-order valence-corrected chi connectivity index (χ1v) is 5.14. The van der Waals surface area contributed by atoms with Gasteiger partial charge in [-0.05, 0) is 30.4 Å². The monoisotopic (exact) mass is 208 g/mol. The average molecular weight is 209 g/mol. The van der Waals surface area contributed by atoms with Crippen LogP contribution in [0.4, 0.5) is 0 Å². The summed E-state index contributed by atoms with van der Waals surface area (Å²) in [4.78, 5) is 11.2. The molecule has 3 atom stereocenters. The zero-order valence-corrected chi connectivity index (χ0v) is 8.95. The molecule has 1 rings (SSSR count). The Balaban J connectivity index is 2.81. The minimum absolute atomic E-state index is 0.103. The topological polar surface area (TPSA) is 17.1 Å². The van der Waals surface area contributed by atoms with Gasteiger partial charge in [-0.2, -0.15) is 0 Å². The Hall–Kier alpha value is 0.250. The SMILES string of the molecule is CC1C(Cl)CCCC1(C)C(=O)Cl. The smallest absolute Gasteiger partial charge is 0.227 e. The predicted octanol–water partition coefficient (Wildman–Crippen LogP) is 3.19. The summed E-state index contributed by atoms with van der Waals surface area (Å²) >= 11 is 11.6. The van der Waals surface area contributed by atoms with Gasteiger partial charge in [0.1, 0.15) is 0 Å². The lowest BCUT2D eigenvalue weighted by Gasteiger charge is -2.39. The molecule has 0 amide bonds. The Kier molecular flexibility index (Phi) is 3.06. The fourth-order valence-corrected chi connectivity index (χ4v) is 2.52. The van der Waals surface area contributed by atoms with E-state index in [1.807, 2.05) is 13.8 Å².